The van der Waals surface area contributed by atoms with Gasteiger partial charge in [0, 0.05) is 49.1 Å². The topological polar surface area (TPSA) is 71.5 Å². The molecule has 1 saturated heterocycles. The van der Waals surface area contributed by atoms with Crippen molar-refractivity contribution in [3.8, 4) is 11.6 Å². The Bertz CT molecular complexity index is 1170. The highest BCUT2D eigenvalue weighted by molar-refractivity contribution is 9.10. The normalized spacial score (nSPS) is 14.1. The summed E-state index contributed by atoms with van der Waals surface area (Å²) in [7, 11) is 0. The number of fused-ring (bicyclic) bond motifs is 1. The van der Waals surface area contributed by atoms with Gasteiger partial charge in [-0.1, -0.05) is 27.3 Å². The number of carbonyl (C=O) groups is 1. The van der Waals surface area contributed by atoms with Gasteiger partial charge < -0.3 is 14.5 Å². The van der Waals surface area contributed by atoms with Crippen LogP contribution in [0.4, 0.5) is 5.13 Å². The van der Waals surface area contributed by atoms with E-state index in [1.165, 1.54) is 0 Å². The molecule has 0 atom stereocenters. The van der Waals surface area contributed by atoms with Gasteiger partial charge in [0.15, 0.2) is 5.13 Å². The first-order chi connectivity index (χ1) is 15.2. The van der Waals surface area contributed by atoms with E-state index in [2.05, 4.69) is 35.8 Å². The third kappa shape index (κ3) is 4.38. The maximum absolute atomic E-state index is 12.9. The molecule has 1 aliphatic rings. The van der Waals surface area contributed by atoms with Gasteiger partial charge in [0.1, 0.15) is 16.1 Å². The summed E-state index contributed by atoms with van der Waals surface area (Å²) in [5.74, 6) is 1.12. The minimum absolute atomic E-state index is 0.0201. The highest BCUT2D eigenvalue weighted by Gasteiger charge is 2.24. The first-order valence-corrected chi connectivity index (χ1v) is 11.4. The number of hydrogen-bond donors (Lipinski definition) is 0. The molecule has 0 bridgehead atoms. The number of anilines is 1. The minimum atomic E-state index is -0.0201. The smallest absolute Gasteiger partial charge is 0.255 e. The number of hydrogen-bond acceptors (Lipinski definition) is 7. The highest BCUT2D eigenvalue weighted by atomic mass is 79.9. The molecule has 31 heavy (non-hydrogen) atoms. The van der Waals surface area contributed by atoms with Crippen LogP contribution in [0.1, 0.15) is 10.4 Å². The Morgan fingerprint density at radius 1 is 1.00 bits per heavy atom. The van der Waals surface area contributed by atoms with E-state index in [0.717, 1.165) is 33.0 Å². The van der Waals surface area contributed by atoms with Crippen LogP contribution >= 0.6 is 27.3 Å². The molecule has 1 aliphatic heterocycles. The van der Waals surface area contributed by atoms with Crippen LogP contribution in [0, 0.1) is 0 Å². The van der Waals surface area contributed by atoms with Crippen LogP contribution in [0.25, 0.3) is 10.3 Å². The molecule has 7 nitrogen and oxygen atoms in total. The second kappa shape index (κ2) is 8.60. The summed E-state index contributed by atoms with van der Waals surface area (Å²) in [4.78, 5) is 31.2. The zero-order valence-electron chi connectivity index (χ0n) is 16.4. The minimum Gasteiger partial charge on any atom is -0.439 e. The van der Waals surface area contributed by atoms with E-state index in [0.29, 0.717) is 30.3 Å². The van der Waals surface area contributed by atoms with Gasteiger partial charge in [-0.05, 0) is 42.5 Å². The predicted molar refractivity (Wildman–Crippen MR) is 124 cm³/mol. The molecule has 156 valence electrons. The molecule has 1 amide bonds. The molecule has 4 aromatic rings. The standard InChI is InChI=1S/C22H18BrN5O2S/c23-16-4-6-17(7-5-16)30-19-8-3-15(14-25-19)21(29)27-10-12-28(13-11-27)22-26-18-2-1-9-24-20(18)31-22/h1-9,14H,10-13H2. The largest absolute Gasteiger partial charge is 0.439 e. The molecule has 0 spiro atoms. The average Bonchev–Trinajstić information content (AvgIpc) is 3.25. The van der Waals surface area contributed by atoms with Gasteiger partial charge in [0.25, 0.3) is 5.91 Å². The number of pyridine rings is 2. The Hall–Kier alpha value is -3.04. The fourth-order valence-electron chi connectivity index (χ4n) is 3.37. The van der Waals surface area contributed by atoms with Gasteiger partial charge in [-0.2, -0.15) is 0 Å². The van der Waals surface area contributed by atoms with E-state index in [1.54, 1.807) is 35.9 Å². The van der Waals surface area contributed by atoms with Crippen molar-refractivity contribution in [3.05, 3.63) is 71.0 Å². The molecule has 4 heterocycles. The van der Waals surface area contributed by atoms with Gasteiger partial charge in [0.05, 0.1) is 5.56 Å². The first kappa shape index (κ1) is 19.9. The van der Waals surface area contributed by atoms with E-state index in [-0.39, 0.29) is 5.91 Å². The Morgan fingerprint density at radius 2 is 1.81 bits per heavy atom. The van der Waals surface area contributed by atoms with Crippen LogP contribution < -0.4 is 9.64 Å². The van der Waals surface area contributed by atoms with Crippen LogP contribution in [0.5, 0.6) is 11.6 Å². The molecule has 1 aromatic carbocycles. The maximum Gasteiger partial charge on any atom is 0.255 e. The van der Waals surface area contributed by atoms with Crippen molar-refractivity contribution in [2.45, 2.75) is 0 Å². The van der Waals surface area contributed by atoms with Crippen molar-refractivity contribution >= 4 is 48.7 Å². The molecule has 5 rings (SSSR count). The number of halogens is 1. The van der Waals surface area contributed by atoms with Crippen LogP contribution in [0.2, 0.25) is 0 Å². The van der Waals surface area contributed by atoms with Crippen molar-refractivity contribution in [3.63, 3.8) is 0 Å². The fourth-order valence-corrected chi connectivity index (χ4v) is 4.59. The van der Waals surface area contributed by atoms with E-state index in [1.807, 2.05) is 41.3 Å². The lowest BCUT2D eigenvalue weighted by molar-refractivity contribution is 0.0746. The summed E-state index contributed by atoms with van der Waals surface area (Å²) in [6, 6.07) is 14.9. The maximum atomic E-state index is 12.9. The zero-order chi connectivity index (χ0) is 21.2. The molecule has 3 aromatic heterocycles. The van der Waals surface area contributed by atoms with Crippen LogP contribution in [0.15, 0.2) is 65.4 Å². The fraction of sp³-hybridized carbons (Fsp3) is 0.182. The molecule has 0 aliphatic carbocycles. The lowest BCUT2D eigenvalue weighted by Crippen LogP contribution is -2.48. The zero-order valence-corrected chi connectivity index (χ0v) is 18.8. The van der Waals surface area contributed by atoms with E-state index < -0.39 is 0 Å². The number of amides is 1. The molecule has 0 saturated carbocycles. The summed E-state index contributed by atoms with van der Waals surface area (Å²) in [6.07, 6.45) is 3.35. The van der Waals surface area contributed by atoms with Crippen molar-refractivity contribution in [2.75, 3.05) is 31.1 Å². The highest BCUT2D eigenvalue weighted by Crippen LogP contribution is 2.28. The SMILES string of the molecule is O=C(c1ccc(Oc2ccc(Br)cc2)nc1)N1CCN(c2nc3cccnc3s2)CC1. The molecule has 0 unspecified atom stereocenters. The number of benzene rings is 1. The monoisotopic (exact) mass is 495 g/mol. The number of aromatic nitrogens is 3. The van der Waals surface area contributed by atoms with E-state index >= 15 is 0 Å². The number of thiazole rings is 1. The first-order valence-electron chi connectivity index (χ1n) is 9.81. The number of carbonyl (C=O) groups excluding carboxylic acids is 1. The van der Waals surface area contributed by atoms with Crippen LogP contribution in [-0.4, -0.2) is 51.9 Å². The number of ether oxygens (including phenoxy) is 1. The lowest BCUT2D eigenvalue weighted by Gasteiger charge is -2.34. The van der Waals surface area contributed by atoms with Gasteiger partial charge in [-0.25, -0.2) is 15.0 Å². The van der Waals surface area contributed by atoms with Gasteiger partial charge >= 0.3 is 0 Å². The Morgan fingerprint density at radius 3 is 2.52 bits per heavy atom. The quantitative estimate of drug-likeness (QED) is 0.411. The van der Waals surface area contributed by atoms with Crippen molar-refractivity contribution < 1.29 is 9.53 Å². The second-order valence-electron chi connectivity index (χ2n) is 7.04. The Labute approximate surface area is 191 Å². The third-order valence-corrected chi connectivity index (χ3v) is 6.58. The van der Waals surface area contributed by atoms with Crippen LogP contribution in [-0.2, 0) is 0 Å². The van der Waals surface area contributed by atoms with Crippen LogP contribution in [0.3, 0.4) is 0 Å². The molecular weight excluding hydrogens is 478 g/mol. The van der Waals surface area contributed by atoms with Gasteiger partial charge in [-0.15, -0.1) is 0 Å². The number of rotatable bonds is 4. The van der Waals surface area contributed by atoms with Crippen molar-refractivity contribution in [1.29, 1.82) is 0 Å². The molecule has 9 heteroatoms. The summed E-state index contributed by atoms with van der Waals surface area (Å²) in [5, 5.41) is 0.955. The number of nitrogens with zero attached hydrogens (tertiary/aromatic N) is 5. The Kier molecular flexibility index (Phi) is 5.52. The molecule has 0 radical (unpaired) electrons. The number of piperazine rings is 1. The molecular formula is C22H18BrN5O2S. The summed E-state index contributed by atoms with van der Waals surface area (Å²) < 4.78 is 6.71. The second-order valence-corrected chi connectivity index (χ2v) is 8.92. The third-order valence-electron chi connectivity index (χ3n) is 5.01. The van der Waals surface area contributed by atoms with E-state index in [4.69, 9.17) is 4.74 Å². The van der Waals surface area contributed by atoms with Crippen molar-refractivity contribution in [1.82, 2.24) is 19.9 Å². The lowest BCUT2D eigenvalue weighted by atomic mass is 10.2. The van der Waals surface area contributed by atoms with Gasteiger partial charge in [-0.3, -0.25) is 4.79 Å². The summed E-state index contributed by atoms with van der Waals surface area (Å²) >= 11 is 4.98. The molecule has 1 fully saturated rings. The average molecular weight is 496 g/mol. The van der Waals surface area contributed by atoms with Crippen molar-refractivity contribution in [2.24, 2.45) is 0 Å². The van der Waals surface area contributed by atoms with E-state index in [9.17, 15) is 4.79 Å². The molecule has 0 N–H and O–H groups in total. The predicted octanol–water partition coefficient (Wildman–Crippen LogP) is 4.60. The summed E-state index contributed by atoms with van der Waals surface area (Å²) in [6.45, 7) is 2.76. The summed E-state index contributed by atoms with van der Waals surface area (Å²) in [5.41, 5.74) is 1.47. The van der Waals surface area contributed by atoms with Gasteiger partial charge in [0.2, 0.25) is 5.88 Å². The Balaban J connectivity index is 1.20.